The summed E-state index contributed by atoms with van der Waals surface area (Å²) in [4.78, 5) is 5.06. The average molecular weight is 330 g/mol. The van der Waals surface area contributed by atoms with Crippen molar-refractivity contribution in [2.24, 2.45) is 0 Å². The molecule has 8 heteroatoms. The fraction of sp³-hybridized carbons (Fsp3) is 0.417. The number of hydrogen-bond donors (Lipinski definition) is 0. The summed E-state index contributed by atoms with van der Waals surface area (Å²) < 4.78 is 32.5. The number of thiophene rings is 1. The van der Waals surface area contributed by atoms with Gasteiger partial charge in [-0.1, -0.05) is 11.3 Å². The Hall–Kier alpha value is -0.960. The van der Waals surface area contributed by atoms with E-state index in [1.165, 1.54) is 27.0 Å². The van der Waals surface area contributed by atoms with Gasteiger partial charge in [0.2, 0.25) is 0 Å². The zero-order valence-corrected chi connectivity index (χ0v) is 13.3. The van der Waals surface area contributed by atoms with E-state index in [-0.39, 0.29) is 6.10 Å². The van der Waals surface area contributed by atoms with Gasteiger partial charge in [-0.25, -0.2) is 13.4 Å². The highest BCUT2D eigenvalue weighted by Gasteiger charge is 2.34. The summed E-state index contributed by atoms with van der Waals surface area (Å²) >= 11 is 2.73. The van der Waals surface area contributed by atoms with Crippen LogP contribution in [-0.4, -0.2) is 36.9 Å². The Balaban J connectivity index is 1.70. The lowest BCUT2D eigenvalue weighted by molar-refractivity contribution is 0.214. The van der Waals surface area contributed by atoms with Crippen LogP contribution < -0.4 is 4.74 Å². The van der Waals surface area contributed by atoms with Crippen LogP contribution in [0.25, 0.3) is 0 Å². The highest BCUT2D eigenvalue weighted by Crippen LogP contribution is 2.28. The van der Waals surface area contributed by atoms with E-state index in [9.17, 15) is 8.42 Å². The Bertz CT molecular complexity index is 679. The number of ether oxygens (including phenoxy) is 1. The molecule has 108 valence electrons. The quantitative estimate of drug-likeness (QED) is 0.863. The van der Waals surface area contributed by atoms with Crippen molar-refractivity contribution in [3.63, 3.8) is 0 Å². The number of sulfonamides is 1. The van der Waals surface area contributed by atoms with Gasteiger partial charge in [0.1, 0.15) is 10.3 Å². The fourth-order valence-corrected chi connectivity index (χ4v) is 5.58. The lowest BCUT2D eigenvalue weighted by Gasteiger charge is -2.15. The van der Waals surface area contributed by atoms with Crippen molar-refractivity contribution < 1.29 is 13.2 Å². The van der Waals surface area contributed by atoms with Crippen LogP contribution in [0.3, 0.4) is 0 Å². The molecule has 0 amide bonds. The second-order valence-corrected chi connectivity index (χ2v) is 8.86. The molecule has 1 aliphatic rings. The van der Waals surface area contributed by atoms with E-state index in [1.807, 2.05) is 18.4 Å². The van der Waals surface area contributed by atoms with Crippen molar-refractivity contribution in [1.29, 1.82) is 0 Å². The largest absolute Gasteiger partial charge is 0.465 e. The predicted molar refractivity (Wildman–Crippen MR) is 79.0 cm³/mol. The van der Waals surface area contributed by atoms with E-state index in [0.29, 0.717) is 28.9 Å². The van der Waals surface area contributed by atoms with Crippen LogP contribution in [0.1, 0.15) is 11.3 Å². The van der Waals surface area contributed by atoms with Gasteiger partial charge in [0.15, 0.2) is 0 Å². The minimum atomic E-state index is -3.37. The maximum absolute atomic E-state index is 12.5. The molecule has 2 aromatic heterocycles. The van der Waals surface area contributed by atoms with Crippen LogP contribution in [-0.2, 0) is 10.0 Å². The molecule has 0 N–H and O–H groups in total. The number of nitrogens with zero attached hydrogens (tertiary/aromatic N) is 2. The van der Waals surface area contributed by atoms with Gasteiger partial charge in [0.25, 0.3) is 15.2 Å². The van der Waals surface area contributed by atoms with E-state index in [0.717, 1.165) is 4.88 Å². The third kappa shape index (κ3) is 2.73. The van der Waals surface area contributed by atoms with Crippen molar-refractivity contribution in [2.75, 3.05) is 13.1 Å². The van der Waals surface area contributed by atoms with Crippen LogP contribution in [0.2, 0.25) is 0 Å². The van der Waals surface area contributed by atoms with E-state index >= 15 is 0 Å². The molecule has 5 nitrogen and oxygen atoms in total. The lowest BCUT2D eigenvalue weighted by atomic mass is 10.3. The molecule has 0 aromatic carbocycles. The van der Waals surface area contributed by atoms with Crippen molar-refractivity contribution in [2.45, 2.75) is 23.7 Å². The zero-order chi connectivity index (χ0) is 14.2. The molecule has 0 spiro atoms. The molecule has 0 aliphatic carbocycles. The topological polar surface area (TPSA) is 59.5 Å². The average Bonchev–Trinajstić information content (AvgIpc) is 3.10. The standard InChI is InChI=1S/C12H14N2O3S3/c1-9-2-3-11(19-9)20(15,16)14-6-4-10(8-14)17-12-13-5-7-18-12/h2-3,5,7,10H,4,6,8H2,1H3. The first-order valence-corrected chi connectivity index (χ1v) is 9.32. The third-order valence-electron chi connectivity index (χ3n) is 3.09. The SMILES string of the molecule is Cc1ccc(S(=O)(=O)N2CCC(Oc3nccs3)C2)s1. The molecule has 3 heterocycles. The van der Waals surface area contributed by atoms with Gasteiger partial charge in [0, 0.05) is 23.0 Å². The zero-order valence-electron chi connectivity index (χ0n) is 10.9. The maximum atomic E-state index is 12.5. The van der Waals surface area contributed by atoms with Crippen LogP contribution in [0.5, 0.6) is 5.19 Å². The summed E-state index contributed by atoms with van der Waals surface area (Å²) in [5.41, 5.74) is 0. The minimum Gasteiger partial charge on any atom is -0.465 e. The molecule has 0 radical (unpaired) electrons. The highest BCUT2D eigenvalue weighted by atomic mass is 32.2. The Kier molecular flexibility index (Phi) is 3.80. The van der Waals surface area contributed by atoms with Gasteiger partial charge in [-0.3, -0.25) is 0 Å². The van der Waals surface area contributed by atoms with Gasteiger partial charge < -0.3 is 4.74 Å². The number of thiazole rings is 1. The molecule has 1 atom stereocenters. The fourth-order valence-electron chi connectivity index (χ4n) is 2.10. The predicted octanol–water partition coefficient (Wildman–Crippen LogP) is 2.36. The lowest BCUT2D eigenvalue weighted by Crippen LogP contribution is -2.30. The first-order chi connectivity index (χ1) is 9.55. The maximum Gasteiger partial charge on any atom is 0.273 e. The molecule has 1 saturated heterocycles. The summed E-state index contributed by atoms with van der Waals surface area (Å²) in [5, 5.41) is 2.44. The van der Waals surface area contributed by atoms with Gasteiger partial charge in [-0.05, 0) is 25.5 Å². The van der Waals surface area contributed by atoms with Gasteiger partial charge >= 0.3 is 0 Å². The summed E-state index contributed by atoms with van der Waals surface area (Å²) in [7, 11) is -3.37. The monoisotopic (exact) mass is 330 g/mol. The molecule has 20 heavy (non-hydrogen) atoms. The van der Waals surface area contributed by atoms with Crippen molar-refractivity contribution >= 4 is 32.7 Å². The highest BCUT2D eigenvalue weighted by molar-refractivity contribution is 7.91. The minimum absolute atomic E-state index is 0.114. The van der Waals surface area contributed by atoms with E-state index in [4.69, 9.17) is 4.74 Å². The molecular formula is C12H14N2O3S3. The molecule has 1 unspecified atom stereocenters. The van der Waals surface area contributed by atoms with Crippen LogP contribution in [0.4, 0.5) is 0 Å². The Labute approximate surface area is 125 Å². The number of hydrogen-bond acceptors (Lipinski definition) is 6. The van der Waals surface area contributed by atoms with Gasteiger partial charge in [0.05, 0.1) is 6.54 Å². The Morgan fingerprint density at radius 2 is 2.30 bits per heavy atom. The first kappa shape index (κ1) is 14.0. The number of rotatable bonds is 4. The molecule has 0 saturated carbocycles. The third-order valence-corrected chi connectivity index (χ3v) is 7.09. The molecule has 1 fully saturated rings. The molecular weight excluding hydrogens is 316 g/mol. The van der Waals surface area contributed by atoms with Crippen LogP contribution >= 0.6 is 22.7 Å². The second-order valence-electron chi connectivity index (χ2n) is 4.55. The summed E-state index contributed by atoms with van der Waals surface area (Å²) in [5.74, 6) is 0. The normalized spacial score (nSPS) is 20.4. The number of aryl methyl sites for hydroxylation is 1. The van der Waals surface area contributed by atoms with Crippen molar-refractivity contribution in [3.8, 4) is 5.19 Å². The van der Waals surface area contributed by atoms with Gasteiger partial charge in [-0.2, -0.15) is 4.31 Å². The molecule has 2 aromatic rings. The van der Waals surface area contributed by atoms with Crippen LogP contribution in [0, 0.1) is 6.92 Å². The van der Waals surface area contributed by atoms with E-state index in [2.05, 4.69) is 4.98 Å². The molecule has 3 rings (SSSR count). The molecule has 0 bridgehead atoms. The summed E-state index contributed by atoms with van der Waals surface area (Å²) in [6, 6.07) is 3.50. The smallest absolute Gasteiger partial charge is 0.273 e. The first-order valence-electron chi connectivity index (χ1n) is 6.18. The van der Waals surface area contributed by atoms with Crippen molar-refractivity contribution in [1.82, 2.24) is 9.29 Å². The second kappa shape index (κ2) is 5.44. The van der Waals surface area contributed by atoms with E-state index < -0.39 is 10.0 Å². The molecule has 1 aliphatic heterocycles. The van der Waals surface area contributed by atoms with Crippen molar-refractivity contribution in [3.05, 3.63) is 28.6 Å². The van der Waals surface area contributed by atoms with Gasteiger partial charge in [-0.15, -0.1) is 11.3 Å². The summed E-state index contributed by atoms with van der Waals surface area (Å²) in [6.45, 7) is 2.79. The van der Waals surface area contributed by atoms with E-state index in [1.54, 1.807) is 12.3 Å². The Morgan fingerprint density at radius 3 is 2.95 bits per heavy atom. The summed E-state index contributed by atoms with van der Waals surface area (Å²) in [6.07, 6.45) is 2.26. The Morgan fingerprint density at radius 1 is 1.45 bits per heavy atom. The number of aromatic nitrogens is 1. The van der Waals surface area contributed by atoms with Crippen LogP contribution in [0.15, 0.2) is 27.9 Å².